The molecule has 71 heavy (non-hydrogen) atoms. The van der Waals surface area contributed by atoms with Crippen molar-refractivity contribution in [2.24, 2.45) is 16.7 Å². The number of fused-ring (bicyclic) bond motifs is 5. The second-order valence-corrected chi connectivity index (χ2v) is 25.7. The number of thiophene rings is 1. The zero-order chi connectivity index (χ0) is 52.1. The number of rotatable bonds is 13. The average Bonchev–Trinajstić information content (AvgIpc) is 3.83. The molecule has 0 radical (unpaired) electrons. The van der Waals surface area contributed by atoms with Crippen LogP contribution in [0.3, 0.4) is 0 Å². The van der Waals surface area contributed by atoms with E-state index in [0.717, 1.165) is 16.5 Å². The number of esters is 3. The number of benzene rings is 2. The number of ketones is 1. The van der Waals surface area contributed by atoms with E-state index in [4.69, 9.17) is 37.6 Å². The number of hydrogen-bond donors (Lipinski definition) is 3. The van der Waals surface area contributed by atoms with Crippen LogP contribution in [-0.2, 0) is 52.0 Å². The minimum atomic E-state index is -3.03. The van der Waals surface area contributed by atoms with Gasteiger partial charge in [0.25, 0.3) is 0 Å². The summed E-state index contributed by atoms with van der Waals surface area (Å²) >= 11 is 1.15. The van der Waals surface area contributed by atoms with E-state index in [1.165, 1.54) is 19.1 Å². The van der Waals surface area contributed by atoms with Crippen LogP contribution >= 0.6 is 11.3 Å². The molecule has 3 fully saturated rings. The standard InChI is InChI=1S/C52H65NO16SSi/c1-12-62-47(60)65-40-37-29(2)33(64-45(58)39(55)38(34-24-19-25-70-34)53-46(59)68-48(4,5)6)27-52(61,49(37,7)8)43(66-44(57)31-20-15-13-16-21-31)41-50(9,42(40)56)35(26-36-51(41,28-63-36)67-30(3)54)69-71(10,11)32-22-17-14-18-23-32/h13-25,33,35-36,38-41,43,55,61H,12,26-28H2,1-11H3,(H,53,59)/t33-,35-,36+,38-,39+,40+,41?,43-,50+,51-,52+/m0/s1. The van der Waals surface area contributed by atoms with E-state index >= 15 is 4.79 Å². The van der Waals surface area contributed by atoms with E-state index in [1.807, 2.05) is 43.4 Å². The largest absolute Gasteiger partial charge is 0.509 e. The van der Waals surface area contributed by atoms with Crippen LogP contribution < -0.4 is 10.5 Å². The average molecular weight is 1020 g/mol. The number of Topliss-reactive ketones (excluding diaryl/α,β-unsaturated/α-hetero) is 1. The van der Waals surface area contributed by atoms with Crippen molar-refractivity contribution in [1.82, 2.24) is 5.32 Å². The van der Waals surface area contributed by atoms with Gasteiger partial charge in [0, 0.05) is 30.1 Å². The molecule has 1 aromatic heterocycles. The van der Waals surface area contributed by atoms with Gasteiger partial charge in [-0.05, 0) is 94.5 Å². The maximum atomic E-state index is 16.5. The molecule has 1 amide bonds. The molecular weight excluding hydrogens is 955 g/mol. The molecule has 0 spiro atoms. The lowest BCUT2D eigenvalue weighted by atomic mass is 9.44. The highest BCUT2D eigenvalue weighted by Crippen LogP contribution is 2.65. The number of ether oxygens (including phenoxy) is 7. The van der Waals surface area contributed by atoms with Crippen molar-refractivity contribution in [1.29, 1.82) is 0 Å². The summed E-state index contributed by atoms with van der Waals surface area (Å²) in [4.78, 5) is 86.4. The maximum absolute atomic E-state index is 16.5. The lowest BCUT2D eigenvalue weighted by molar-refractivity contribution is -0.344. The summed E-state index contributed by atoms with van der Waals surface area (Å²) in [5.74, 6) is -5.20. The number of hydrogen-bond acceptors (Lipinski definition) is 17. The van der Waals surface area contributed by atoms with Crippen molar-refractivity contribution >= 4 is 60.8 Å². The molecule has 3 aromatic rings. The van der Waals surface area contributed by atoms with Crippen LogP contribution in [0.15, 0.2) is 89.3 Å². The predicted octanol–water partition coefficient (Wildman–Crippen LogP) is 6.64. The third-order valence-electron chi connectivity index (χ3n) is 14.6. The number of carbonyl (C=O) groups is 6. The number of aliphatic hydroxyl groups excluding tert-OH is 1. The maximum Gasteiger partial charge on any atom is 0.509 e. The fraction of sp³-hybridized carbons (Fsp3) is 0.538. The Bertz CT molecular complexity index is 2530. The Hall–Kier alpha value is -5.44. The molecule has 2 aromatic carbocycles. The number of alkyl carbamates (subject to hydrolysis) is 1. The molecule has 1 saturated heterocycles. The second kappa shape index (κ2) is 19.9. The zero-order valence-corrected chi connectivity index (χ0v) is 43.8. The number of carbonyl (C=O) groups excluding carboxylic acids is 6. The van der Waals surface area contributed by atoms with E-state index in [2.05, 4.69) is 5.32 Å². The molecule has 7 rings (SSSR count). The molecule has 11 atom stereocenters. The van der Waals surface area contributed by atoms with Crippen molar-refractivity contribution in [2.75, 3.05) is 13.2 Å². The van der Waals surface area contributed by atoms with Crippen LogP contribution in [0.5, 0.6) is 0 Å². The molecule has 1 aliphatic heterocycles. The van der Waals surface area contributed by atoms with Gasteiger partial charge in [-0.25, -0.2) is 19.2 Å². The van der Waals surface area contributed by atoms with Crippen LogP contribution in [-0.4, -0.2) is 121 Å². The number of nitrogens with one attached hydrogen (secondary N) is 1. The fourth-order valence-corrected chi connectivity index (χ4v) is 14.1. The Kier molecular flexibility index (Phi) is 14.9. The molecule has 19 heteroatoms. The van der Waals surface area contributed by atoms with Crippen LogP contribution in [0.25, 0.3) is 0 Å². The highest BCUT2D eigenvalue weighted by molar-refractivity contribution is 7.10. The second-order valence-electron chi connectivity index (χ2n) is 20.9. The summed E-state index contributed by atoms with van der Waals surface area (Å²) in [6, 6.07) is 19.4. The van der Waals surface area contributed by atoms with Gasteiger partial charge >= 0.3 is 30.2 Å². The van der Waals surface area contributed by atoms with E-state index < -0.39 is 127 Å². The fourth-order valence-electron chi connectivity index (χ4n) is 11.1. The summed E-state index contributed by atoms with van der Waals surface area (Å²) in [6.45, 7) is 17.5. The Morgan fingerprint density at radius 1 is 0.944 bits per heavy atom. The molecule has 3 aliphatic carbocycles. The van der Waals surface area contributed by atoms with Gasteiger partial charge in [0.05, 0.1) is 36.2 Å². The molecule has 3 N–H and O–H groups in total. The Balaban J connectivity index is 1.46. The summed E-state index contributed by atoms with van der Waals surface area (Å²) in [7, 11) is -3.03. The zero-order valence-electron chi connectivity index (χ0n) is 42.0. The topological polar surface area (TPSA) is 229 Å². The Morgan fingerprint density at radius 2 is 1.59 bits per heavy atom. The third-order valence-corrected chi connectivity index (χ3v) is 18.1. The summed E-state index contributed by atoms with van der Waals surface area (Å²) in [6.07, 6.45) is -12.1. The first-order chi connectivity index (χ1) is 33.2. The Labute approximate surface area is 418 Å². The normalized spacial score (nSPS) is 29.8. The monoisotopic (exact) mass is 1020 g/mol. The molecular formula is C52H65NO16SSi. The van der Waals surface area contributed by atoms with E-state index in [-0.39, 0.29) is 36.3 Å². The highest BCUT2D eigenvalue weighted by Gasteiger charge is 2.79. The molecule has 1 unspecified atom stereocenters. The van der Waals surface area contributed by atoms with Crippen molar-refractivity contribution in [3.63, 3.8) is 0 Å². The molecule has 4 aliphatic rings. The van der Waals surface area contributed by atoms with Crippen molar-refractivity contribution in [3.8, 4) is 0 Å². The van der Waals surface area contributed by atoms with Crippen LogP contribution in [0.2, 0.25) is 13.1 Å². The Morgan fingerprint density at radius 3 is 2.15 bits per heavy atom. The van der Waals surface area contributed by atoms with Gasteiger partial charge in [-0.2, -0.15) is 0 Å². The van der Waals surface area contributed by atoms with Gasteiger partial charge < -0.3 is 53.1 Å². The lowest BCUT2D eigenvalue weighted by Crippen LogP contribution is -2.82. The highest BCUT2D eigenvalue weighted by atomic mass is 32.1. The van der Waals surface area contributed by atoms with E-state index in [1.54, 1.807) is 91.1 Å². The molecule has 384 valence electrons. The van der Waals surface area contributed by atoms with E-state index in [0.29, 0.717) is 4.88 Å². The smallest absolute Gasteiger partial charge is 0.456 e. The van der Waals surface area contributed by atoms with Crippen molar-refractivity contribution in [2.45, 2.75) is 148 Å². The SMILES string of the molecule is CCOC(=O)O[C@H]1C(=O)[C@@]2(C)C([C@H](OC(=O)c3ccccc3)[C@]3(O)C[C@H](OC(=O)[C@H](O)[C@@H](NC(=O)OC(C)(C)C)c4cccs4)C(C)=C1C3(C)C)[C@]1(OC(C)=O)CO[C@@H]1C[C@@H]2O[Si](C)(C)c1ccccc1. The minimum absolute atomic E-state index is 0.00875. The first-order valence-corrected chi connectivity index (χ1v) is 27.5. The van der Waals surface area contributed by atoms with Gasteiger partial charge in [-0.3, -0.25) is 9.59 Å². The van der Waals surface area contributed by atoms with Gasteiger partial charge in [0.2, 0.25) is 8.32 Å². The van der Waals surface area contributed by atoms with Gasteiger partial charge in [-0.15, -0.1) is 11.3 Å². The molecule has 2 heterocycles. The molecule has 17 nitrogen and oxygen atoms in total. The van der Waals surface area contributed by atoms with Gasteiger partial charge in [0.1, 0.15) is 35.6 Å². The van der Waals surface area contributed by atoms with Crippen LogP contribution in [0.4, 0.5) is 9.59 Å². The first-order valence-electron chi connectivity index (χ1n) is 23.7. The van der Waals surface area contributed by atoms with Gasteiger partial charge in [-0.1, -0.05) is 68.4 Å². The first kappa shape index (κ1) is 53.4. The van der Waals surface area contributed by atoms with Crippen molar-refractivity contribution in [3.05, 3.63) is 99.8 Å². The number of aliphatic hydroxyl groups is 2. The quantitative estimate of drug-likeness (QED) is 0.0706. The van der Waals surface area contributed by atoms with Gasteiger partial charge in [0.15, 0.2) is 23.6 Å². The van der Waals surface area contributed by atoms with Crippen molar-refractivity contribution < 1.29 is 76.6 Å². The predicted molar refractivity (Wildman–Crippen MR) is 260 cm³/mol. The summed E-state index contributed by atoms with van der Waals surface area (Å²) in [5, 5.41) is 31.1. The lowest BCUT2D eigenvalue weighted by Gasteiger charge is -2.68. The van der Waals surface area contributed by atoms with Crippen LogP contribution in [0.1, 0.15) is 96.4 Å². The molecule has 2 saturated carbocycles. The summed E-state index contributed by atoms with van der Waals surface area (Å²) in [5.41, 5.74) is -8.56. The third kappa shape index (κ3) is 9.92. The van der Waals surface area contributed by atoms with E-state index in [9.17, 15) is 34.2 Å². The number of amides is 1. The van der Waals surface area contributed by atoms with Crippen LogP contribution in [0, 0.1) is 16.7 Å². The molecule has 2 bridgehead atoms. The minimum Gasteiger partial charge on any atom is -0.456 e. The summed E-state index contributed by atoms with van der Waals surface area (Å²) < 4.78 is 49.6.